The normalized spacial score (nSPS) is 10.3. The van der Waals surface area contributed by atoms with Crippen LogP contribution in [0.1, 0.15) is 5.56 Å². The predicted octanol–water partition coefficient (Wildman–Crippen LogP) is 1.75. The van der Waals surface area contributed by atoms with E-state index in [9.17, 15) is 0 Å². The standard InChI is InChI=1S/C12H14N2O2/c1-14-9-10(8-13-14)6-7-16-12-4-2-11(15)3-5-12/h2-5,8-9,15H,6-7H2,1H3. The number of rotatable bonds is 4. The molecule has 4 nitrogen and oxygen atoms in total. The molecule has 1 aromatic carbocycles. The summed E-state index contributed by atoms with van der Waals surface area (Å²) in [5.41, 5.74) is 1.15. The molecule has 0 spiro atoms. The molecule has 0 amide bonds. The summed E-state index contributed by atoms with van der Waals surface area (Å²) in [6, 6.07) is 6.72. The zero-order valence-corrected chi connectivity index (χ0v) is 9.13. The summed E-state index contributed by atoms with van der Waals surface area (Å²) in [5, 5.41) is 13.2. The van der Waals surface area contributed by atoms with Gasteiger partial charge in [0.25, 0.3) is 0 Å². The molecule has 2 rings (SSSR count). The molecule has 2 aromatic rings. The molecule has 0 bridgehead atoms. The second kappa shape index (κ2) is 4.70. The first-order valence-corrected chi connectivity index (χ1v) is 5.13. The quantitative estimate of drug-likeness (QED) is 0.850. The molecule has 0 radical (unpaired) electrons. The van der Waals surface area contributed by atoms with E-state index in [1.54, 1.807) is 28.9 Å². The summed E-state index contributed by atoms with van der Waals surface area (Å²) >= 11 is 0. The van der Waals surface area contributed by atoms with Crippen LogP contribution in [-0.2, 0) is 13.5 Å². The Kier molecular flexibility index (Phi) is 3.10. The smallest absolute Gasteiger partial charge is 0.119 e. The van der Waals surface area contributed by atoms with Gasteiger partial charge < -0.3 is 9.84 Å². The molecular weight excluding hydrogens is 204 g/mol. The van der Waals surface area contributed by atoms with E-state index in [1.165, 1.54) is 0 Å². The lowest BCUT2D eigenvalue weighted by Gasteiger charge is -2.04. The number of phenolic OH excluding ortho intramolecular Hbond substituents is 1. The summed E-state index contributed by atoms with van der Waals surface area (Å²) in [6.07, 6.45) is 4.63. The first-order chi connectivity index (χ1) is 7.74. The van der Waals surface area contributed by atoms with Crippen LogP contribution in [0.2, 0.25) is 0 Å². The maximum atomic E-state index is 9.10. The van der Waals surface area contributed by atoms with E-state index >= 15 is 0 Å². The molecule has 4 heteroatoms. The highest BCUT2D eigenvalue weighted by Crippen LogP contribution is 2.16. The minimum Gasteiger partial charge on any atom is -0.508 e. The molecule has 0 saturated heterocycles. The van der Waals surface area contributed by atoms with Crippen LogP contribution in [0.4, 0.5) is 0 Å². The Morgan fingerprint density at radius 3 is 2.69 bits per heavy atom. The van der Waals surface area contributed by atoms with E-state index in [0.29, 0.717) is 6.61 Å². The van der Waals surface area contributed by atoms with Crippen LogP contribution in [-0.4, -0.2) is 21.5 Å². The van der Waals surface area contributed by atoms with Crippen molar-refractivity contribution in [1.82, 2.24) is 9.78 Å². The van der Waals surface area contributed by atoms with Gasteiger partial charge in [-0.05, 0) is 29.8 Å². The molecule has 1 N–H and O–H groups in total. The topological polar surface area (TPSA) is 47.3 Å². The van der Waals surface area contributed by atoms with Crippen LogP contribution in [0, 0.1) is 0 Å². The van der Waals surface area contributed by atoms with Gasteiger partial charge in [-0.15, -0.1) is 0 Å². The third-order valence-electron chi connectivity index (χ3n) is 2.25. The van der Waals surface area contributed by atoms with Crippen LogP contribution in [0.15, 0.2) is 36.7 Å². The summed E-state index contributed by atoms with van der Waals surface area (Å²) in [7, 11) is 1.89. The van der Waals surface area contributed by atoms with Gasteiger partial charge in [0.2, 0.25) is 0 Å². The number of nitrogens with zero attached hydrogens (tertiary/aromatic N) is 2. The first-order valence-electron chi connectivity index (χ1n) is 5.13. The molecular formula is C12H14N2O2. The summed E-state index contributed by atoms with van der Waals surface area (Å²) in [4.78, 5) is 0. The number of aryl methyl sites for hydroxylation is 1. The molecule has 0 aliphatic heterocycles. The molecule has 1 aromatic heterocycles. The van der Waals surface area contributed by atoms with Gasteiger partial charge in [0.05, 0.1) is 12.8 Å². The molecule has 0 unspecified atom stereocenters. The maximum absolute atomic E-state index is 9.10. The van der Waals surface area contributed by atoms with E-state index in [4.69, 9.17) is 9.84 Å². The summed E-state index contributed by atoms with van der Waals surface area (Å²) in [6.45, 7) is 0.608. The highest BCUT2D eigenvalue weighted by Gasteiger charge is 1.97. The molecule has 84 valence electrons. The Morgan fingerprint density at radius 2 is 2.06 bits per heavy atom. The fourth-order valence-corrected chi connectivity index (χ4v) is 1.43. The lowest BCUT2D eigenvalue weighted by Crippen LogP contribution is -2.00. The Morgan fingerprint density at radius 1 is 1.31 bits per heavy atom. The van der Waals surface area contributed by atoms with E-state index in [2.05, 4.69) is 5.10 Å². The van der Waals surface area contributed by atoms with Crippen LogP contribution in [0.3, 0.4) is 0 Å². The second-order valence-electron chi connectivity index (χ2n) is 3.61. The number of hydrogen-bond donors (Lipinski definition) is 1. The van der Waals surface area contributed by atoms with E-state index in [0.717, 1.165) is 17.7 Å². The van der Waals surface area contributed by atoms with Crippen LogP contribution in [0.5, 0.6) is 11.5 Å². The first kappa shape index (κ1) is 10.5. The maximum Gasteiger partial charge on any atom is 0.119 e. The summed E-state index contributed by atoms with van der Waals surface area (Å²) in [5.74, 6) is 1.02. The third-order valence-corrected chi connectivity index (χ3v) is 2.25. The predicted molar refractivity (Wildman–Crippen MR) is 60.5 cm³/mol. The van der Waals surface area contributed by atoms with Crippen molar-refractivity contribution in [3.63, 3.8) is 0 Å². The average Bonchev–Trinajstić information content (AvgIpc) is 2.67. The lowest BCUT2D eigenvalue weighted by molar-refractivity contribution is 0.321. The third kappa shape index (κ3) is 2.76. The monoisotopic (exact) mass is 218 g/mol. The molecule has 1 heterocycles. The van der Waals surface area contributed by atoms with Crippen molar-refractivity contribution in [2.24, 2.45) is 7.05 Å². The molecule has 0 aliphatic carbocycles. The minimum atomic E-state index is 0.250. The van der Waals surface area contributed by atoms with Crippen molar-refractivity contribution in [1.29, 1.82) is 0 Å². The molecule has 0 saturated carbocycles. The highest BCUT2D eigenvalue weighted by atomic mass is 16.5. The van der Waals surface area contributed by atoms with Gasteiger partial charge in [0.15, 0.2) is 0 Å². The van der Waals surface area contributed by atoms with Crippen molar-refractivity contribution in [2.75, 3.05) is 6.61 Å². The van der Waals surface area contributed by atoms with E-state index < -0.39 is 0 Å². The Hall–Kier alpha value is -1.97. The van der Waals surface area contributed by atoms with Gasteiger partial charge in [-0.2, -0.15) is 5.10 Å². The van der Waals surface area contributed by atoms with Crippen LogP contribution < -0.4 is 4.74 Å². The van der Waals surface area contributed by atoms with Crippen LogP contribution >= 0.6 is 0 Å². The Bertz CT molecular complexity index is 448. The molecule has 0 fully saturated rings. The number of phenols is 1. The van der Waals surface area contributed by atoms with Crippen LogP contribution in [0.25, 0.3) is 0 Å². The highest BCUT2D eigenvalue weighted by molar-refractivity contribution is 5.30. The van der Waals surface area contributed by atoms with E-state index in [1.807, 2.05) is 19.4 Å². The Balaban J connectivity index is 1.82. The van der Waals surface area contributed by atoms with Crippen molar-refractivity contribution in [3.8, 4) is 11.5 Å². The lowest BCUT2D eigenvalue weighted by atomic mass is 10.3. The SMILES string of the molecule is Cn1cc(CCOc2ccc(O)cc2)cn1. The molecule has 16 heavy (non-hydrogen) atoms. The second-order valence-corrected chi connectivity index (χ2v) is 3.61. The van der Waals surface area contributed by atoms with Crippen molar-refractivity contribution >= 4 is 0 Å². The average molecular weight is 218 g/mol. The Labute approximate surface area is 94.1 Å². The minimum absolute atomic E-state index is 0.250. The zero-order valence-electron chi connectivity index (χ0n) is 9.13. The number of aromatic nitrogens is 2. The fraction of sp³-hybridized carbons (Fsp3) is 0.250. The summed E-state index contributed by atoms with van der Waals surface area (Å²) < 4.78 is 7.30. The number of benzene rings is 1. The number of ether oxygens (including phenoxy) is 1. The molecule has 0 aliphatic rings. The fourth-order valence-electron chi connectivity index (χ4n) is 1.43. The largest absolute Gasteiger partial charge is 0.508 e. The van der Waals surface area contributed by atoms with Crippen molar-refractivity contribution < 1.29 is 9.84 Å². The van der Waals surface area contributed by atoms with Crippen molar-refractivity contribution in [3.05, 3.63) is 42.2 Å². The van der Waals surface area contributed by atoms with Gasteiger partial charge in [0.1, 0.15) is 11.5 Å². The molecule has 0 atom stereocenters. The van der Waals surface area contributed by atoms with Gasteiger partial charge in [0, 0.05) is 19.7 Å². The zero-order chi connectivity index (χ0) is 11.4. The number of aromatic hydroxyl groups is 1. The van der Waals surface area contributed by atoms with Gasteiger partial charge in [-0.3, -0.25) is 4.68 Å². The van der Waals surface area contributed by atoms with E-state index in [-0.39, 0.29) is 5.75 Å². The van der Waals surface area contributed by atoms with Gasteiger partial charge in [-0.1, -0.05) is 0 Å². The number of hydrogen-bond acceptors (Lipinski definition) is 3. The van der Waals surface area contributed by atoms with Crippen molar-refractivity contribution in [2.45, 2.75) is 6.42 Å². The van der Waals surface area contributed by atoms with Gasteiger partial charge in [-0.25, -0.2) is 0 Å². The van der Waals surface area contributed by atoms with Gasteiger partial charge >= 0.3 is 0 Å².